The van der Waals surface area contributed by atoms with E-state index < -0.39 is 0 Å². The minimum Gasteiger partial charge on any atom is -0.404 e. The number of rotatable bonds is 2. The highest BCUT2D eigenvalue weighted by Gasteiger charge is 2.29. The Hall–Kier alpha value is -1.01. The topological polar surface area (TPSA) is 48.3 Å². The SMILES string of the molecule is CNc1cc(B2OCCO2)n(C)n1. The largest absolute Gasteiger partial charge is 0.513 e. The van der Waals surface area contributed by atoms with Crippen molar-refractivity contribution in [1.82, 2.24) is 9.78 Å². The van der Waals surface area contributed by atoms with Crippen LogP contribution in [-0.4, -0.2) is 37.2 Å². The lowest BCUT2D eigenvalue weighted by molar-refractivity contribution is 0.365. The molecule has 0 spiro atoms. The lowest BCUT2D eigenvalue weighted by Crippen LogP contribution is -2.36. The molecule has 1 N–H and O–H groups in total. The summed E-state index contributed by atoms with van der Waals surface area (Å²) in [6, 6.07) is 1.93. The lowest BCUT2D eigenvalue weighted by Gasteiger charge is -2.02. The van der Waals surface area contributed by atoms with Gasteiger partial charge in [0.1, 0.15) is 5.82 Å². The lowest BCUT2D eigenvalue weighted by atomic mass is 9.85. The van der Waals surface area contributed by atoms with Crippen LogP contribution in [0.5, 0.6) is 0 Å². The number of aromatic nitrogens is 2. The first-order chi connectivity index (χ1) is 6.31. The normalized spacial score (nSPS) is 16.6. The van der Waals surface area contributed by atoms with Crippen LogP contribution in [0, 0.1) is 0 Å². The minimum atomic E-state index is -0.250. The Morgan fingerprint density at radius 2 is 2.23 bits per heavy atom. The summed E-state index contributed by atoms with van der Waals surface area (Å²) < 4.78 is 12.5. The third-order valence-corrected chi connectivity index (χ3v) is 2.04. The molecule has 1 aromatic heterocycles. The molecule has 1 aromatic rings. The van der Waals surface area contributed by atoms with Gasteiger partial charge < -0.3 is 14.6 Å². The summed E-state index contributed by atoms with van der Waals surface area (Å²) in [6.07, 6.45) is 0. The first kappa shape index (κ1) is 8.59. The molecule has 2 rings (SSSR count). The van der Waals surface area contributed by atoms with E-state index in [4.69, 9.17) is 9.31 Å². The van der Waals surface area contributed by atoms with Crippen molar-refractivity contribution in [1.29, 1.82) is 0 Å². The van der Waals surface area contributed by atoms with Crippen LogP contribution in [0.25, 0.3) is 0 Å². The molecular weight excluding hydrogens is 169 g/mol. The third-order valence-electron chi connectivity index (χ3n) is 2.04. The summed E-state index contributed by atoms with van der Waals surface area (Å²) in [7, 11) is 3.46. The summed E-state index contributed by atoms with van der Waals surface area (Å²) in [5.74, 6) is 0.830. The van der Waals surface area contributed by atoms with E-state index in [9.17, 15) is 0 Å². The van der Waals surface area contributed by atoms with Gasteiger partial charge in [-0.05, 0) is 6.07 Å². The molecule has 0 aromatic carbocycles. The van der Waals surface area contributed by atoms with Crippen molar-refractivity contribution < 1.29 is 9.31 Å². The fourth-order valence-corrected chi connectivity index (χ4v) is 1.35. The molecule has 70 valence electrons. The number of nitrogens with one attached hydrogen (secondary N) is 1. The third kappa shape index (κ3) is 1.55. The van der Waals surface area contributed by atoms with Crippen LogP contribution in [0.4, 0.5) is 5.82 Å². The fourth-order valence-electron chi connectivity index (χ4n) is 1.35. The van der Waals surface area contributed by atoms with E-state index in [1.807, 2.05) is 20.2 Å². The van der Waals surface area contributed by atoms with Crippen molar-refractivity contribution in [3.63, 3.8) is 0 Å². The number of anilines is 1. The van der Waals surface area contributed by atoms with Crippen LogP contribution in [0.1, 0.15) is 0 Å². The van der Waals surface area contributed by atoms with Crippen molar-refractivity contribution in [2.24, 2.45) is 7.05 Å². The van der Waals surface area contributed by atoms with Gasteiger partial charge in [0.15, 0.2) is 0 Å². The Labute approximate surface area is 77.2 Å². The molecule has 1 aliphatic rings. The van der Waals surface area contributed by atoms with E-state index in [0.29, 0.717) is 13.2 Å². The van der Waals surface area contributed by atoms with Gasteiger partial charge >= 0.3 is 7.12 Å². The minimum absolute atomic E-state index is 0.250. The predicted octanol–water partition coefficient (Wildman–Crippen LogP) is -0.796. The average Bonchev–Trinajstić information content (AvgIpc) is 2.72. The van der Waals surface area contributed by atoms with Crippen LogP contribution in [-0.2, 0) is 16.4 Å². The molecule has 0 saturated carbocycles. The zero-order valence-corrected chi connectivity index (χ0v) is 7.78. The van der Waals surface area contributed by atoms with Crippen LogP contribution in [0.15, 0.2) is 6.07 Å². The fraction of sp³-hybridized carbons (Fsp3) is 0.571. The van der Waals surface area contributed by atoms with E-state index in [1.54, 1.807) is 4.68 Å². The van der Waals surface area contributed by atoms with Gasteiger partial charge in [0, 0.05) is 14.1 Å². The maximum Gasteiger partial charge on any atom is 0.513 e. The standard InChI is InChI=1S/C7H12BN3O2/c1-9-7-5-6(11(2)10-7)8-12-3-4-13-8/h5H,3-4H2,1-2H3,(H,9,10). The zero-order valence-electron chi connectivity index (χ0n) is 7.78. The first-order valence-electron chi connectivity index (χ1n) is 4.26. The summed E-state index contributed by atoms with van der Waals surface area (Å²) in [6.45, 7) is 1.31. The molecule has 1 fully saturated rings. The monoisotopic (exact) mass is 181 g/mol. The first-order valence-corrected chi connectivity index (χ1v) is 4.26. The summed E-state index contributed by atoms with van der Waals surface area (Å²) in [5, 5.41) is 7.19. The van der Waals surface area contributed by atoms with Gasteiger partial charge in [-0.25, -0.2) is 0 Å². The molecule has 1 saturated heterocycles. The molecule has 0 unspecified atom stereocenters. The summed E-state index contributed by atoms with van der Waals surface area (Å²) in [4.78, 5) is 0. The number of hydrogen-bond acceptors (Lipinski definition) is 4. The van der Waals surface area contributed by atoms with Gasteiger partial charge in [0.2, 0.25) is 0 Å². The maximum atomic E-state index is 5.37. The molecule has 0 atom stereocenters. The second-order valence-corrected chi connectivity index (χ2v) is 2.90. The highest BCUT2D eigenvalue weighted by Crippen LogP contribution is 2.04. The predicted molar refractivity (Wildman–Crippen MR) is 50.0 cm³/mol. The second-order valence-electron chi connectivity index (χ2n) is 2.90. The Kier molecular flexibility index (Phi) is 2.24. The smallest absolute Gasteiger partial charge is 0.404 e. The van der Waals surface area contributed by atoms with Gasteiger partial charge in [-0.2, -0.15) is 5.10 Å². The molecule has 0 radical (unpaired) electrons. The maximum absolute atomic E-state index is 5.37. The number of nitrogens with zero attached hydrogens (tertiary/aromatic N) is 2. The van der Waals surface area contributed by atoms with Gasteiger partial charge in [-0.15, -0.1) is 0 Å². The number of hydrogen-bond donors (Lipinski definition) is 1. The second kappa shape index (κ2) is 3.39. The van der Waals surface area contributed by atoms with E-state index in [-0.39, 0.29) is 7.12 Å². The molecular formula is C7H12BN3O2. The van der Waals surface area contributed by atoms with Gasteiger partial charge in [-0.3, -0.25) is 4.68 Å². The van der Waals surface area contributed by atoms with E-state index in [0.717, 1.165) is 11.4 Å². The van der Waals surface area contributed by atoms with Crippen LogP contribution in [0.3, 0.4) is 0 Å². The molecule has 6 heteroatoms. The van der Waals surface area contributed by atoms with Crippen LogP contribution < -0.4 is 10.9 Å². The molecule has 2 heterocycles. The van der Waals surface area contributed by atoms with Gasteiger partial charge in [-0.1, -0.05) is 0 Å². The quantitative estimate of drug-likeness (QED) is 0.607. The molecule has 0 amide bonds. The van der Waals surface area contributed by atoms with Crippen molar-refractivity contribution in [2.45, 2.75) is 0 Å². The Balaban J connectivity index is 2.22. The Morgan fingerprint density at radius 3 is 2.77 bits per heavy atom. The molecule has 0 bridgehead atoms. The van der Waals surface area contributed by atoms with Crippen molar-refractivity contribution in [2.75, 3.05) is 25.6 Å². The van der Waals surface area contributed by atoms with Gasteiger partial charge in [0.05, 0.1) is 18.8 Å². The average molecular weight is 181 g/mol. The zero-order chi connectivity index (χ0) is 9.26. The van der Waals surface area contributed by atoms with Crippen molar-refractivity contribution in [3.8, 4) is 0 Å². The van der Waals surface area contributed by atoms with Crippen LogP contribution >= 0.6 is 0 Å². The molecule has 13 heavy (non-hydrogen) atoms. The molecule has 1 aliphatic heterocycles. The van der Waals surface area contributed by atoms with Crippen LogP contribution in [0.2, 0.25) is 0 Å². The highest BCUT2D eigenvalue weighted by molar-refractivity contribution is 6.61. The van der Waals surface area contributed by atoms with Crippen molar-refractivity contribution >= 4 is 18.5 Å². The van der Waals surface area contributed by atoms with Crippen molar-refractivity contribution in [3.05, 3.63) is 6.07 Å². The van der Waals surface area contributed by atoms with E-state index in [2.05, 4.69) is 10.4 Å². The summed E-state index contributed by atoms with van der Waals surface area (Å²) in [5.41, 5.74) is 0.946. The Bertz CT molecular complexity index is 296. The highest BCUT2D eigenvalue weighted by atomic mass is 16.6. The molecule has 5 nitrogen and oxygen atoms in total. The molecule has 0 aliphatic carbocycles. The number of aryl methyl sites for hydroxylation is 1. The van der Waals surface area contributed by atoms with E-state index >= 15 is 0 Å². The Morgan fingerprint density at radius 1 is 1.54 bits per heavy atom. The van der Waals surface area contributed by atoms with E-state index in [1.165, 1.54) is 0 Å². The summed E-state index contributed by atoms with van der Waals surface area (Å²) >= 11 is 0. The van der Waals surface area contributed by atoms with Gasteiger partial charge in [0.25, 0.3) is 0 Å².